The predicted molar refractivity (Wildman–Crippen MR) is 64.8 cm³/mol. The molecule has 0 amide bonds. The minimum Gasteiger partial charge on any atom is -0.310 e. The van der Waals surface area contributed by atoms with Crippen LogP contribution in [0.5, 0.6) is 0 Å². The first-order chi connectivity index (χ1) is 7.15. The molecule has 1 heterocycles. The lowest BCUT2D eigenvalue weighted by Crippen LogP contribution is -2.26. The Labute approximate surface area is 93.1 Å². The number of nitrogens with zero attached hydrogens (tertiary/aromatic N) is 1. The molecular formula is C13H22N2. The van der Waals surface area contributed by atoms with E-state index < -0.39 is 0 Å². The number of hydrogen-bond donors (Lipinski definition) is 1. The molecule has 1 atom stereocenters. The molecule has 0 radical (unpaired) electrons. The Morgan fingerprint density at radius 2 is 2.13 bits per heavy atom. The van der Waals surface area contributed by atoms with Gasteiger partial charge in [-0.25, -0.2) is 0 Å². The van der Waals surface area contributed by atoms with Gasteiger partial charge in [-0.05, 0) is 43.5 Å². The highest BCUT2D eigenvalue weighted by Crippen LogP contribution is 2.21. The molecule has 0 saturated heterocycles. The van der Waals surface area contributed by atoms with Crippen LogP contribution in [0.15, 0.2) is 18.3 Å². The maximum atomic E-state index is 4.23. The molecule has 1 rings (SSSR count). The van der Waals surface area contributed by atoms with Crippen molar-refractivity contribution in [3.05, 3.63) is 29.6 Å². The van der Waals surface area contributed by atoms with E-state index in [0.717, 1.165) is 12.2 Å². The van der Waals surface area contributed by atoms with Gasteiger partial charge >= 0.3 is 0 Å². The molecule has 0 aromatic carbocycles. The molecule has 2 nitrogen and oxygen atoms in total. The second kappa shape index (κ2) is 5.86. The average molecular weight is 206 g/mol. The number of hydrogen-bond acceptors (Lipinski definition) is 2. The van der Waals surface area contributed by atoms with Crippen LogP contribution in [0.25, 0.3) is 0 Å². The van der Waals surface area contributed by atoms with Crippen molar-refractivity contribution in [3.63, 3.8) is 0 Å². The van der Waals surface area contributed by atoms with Gasteiger partial charge in [0.05, 0.1) is 0 Å². The van der Waals surface area contributed by atoms with Crippen molar-refractivity contribution < 1.29 is 0 Å². The van der Waals surface area contributed by atoms with E-state index in [1.165, 1.54) is 12.0 Å². The molecule has 84 valence electrons. The minimum absolute atomic E-state index is 0.451. The first-order valence-corrected chi connectivity index (χ1v) is 5.81. The van der Waals surface area contributed by atoms with E-state index in [0.29, 0.717) is 12.0 Å². The van der Waals surface area contributed by atoms with Crippen LogP contribution in [0.3, 0.4) is 0 Å². The number of rotatable bonds is 5. The van der Waals surface area contributed by atoms with Crippen LogP contribution in [-0.2, 0) is 0 Å². The van der Waals surface area contributed by atoms with Crippen molar-refractivity contribution in [1.82, 2.24) is 10.3 Å². The Kier molecular flexibility index (Phi) is 4.76. The number of aryl methyl sites for hydroxylation is 1. The molecule has 0 bridgehead atoms. The van der Waals surface area contributed by atoms with Gasteiger partial charge in [0.15, 0.2) is 0 Å². The van der Waals surface area contributed by atoms with E-state index >= 15 is 0 Å². The van der Waals surface area contributed by atoms with Gasteiger partial charge < -0.3 is 5.32 Å². The van der Waals surface area contributed by atoms with E-state index in [2.05, 4.69) is 43.2 Å². The largest absolute Gasteiger partial charge is 0.310 e. The van der Waals surface area contributed by atoms with Gasteiger partial charge in [0, 0.05) is 17.9 Å². The van der Waals surface area contributed by atoms with Crippen molar-refractivity contribution in [3.8, 4) is 0 Å². The number of pyridine rings is 1. The zero-order chi connectivity index (χ0) is 11.3. The van der Waals surface area contributed by atoms with Gasteiger partial charge in [-0.15, -0.1) is 0 Å². The van der Waals surface area contributed by atoms with Gasteiger partial charge in [0.2, 0.25) is 0 Å². The topological polar surface area (TPSA) is 24.9 Å². The molecule has 2 heteroatoms. The third-order valence-corrected chi connectivity index (χ3v) is 2.56. The molecular weight excluding hydrogens is 184 g/mol. The highest BCUT2D eigenvalue weighted by molar-refractivity contribution is 5.19. The Bertz CT molecular complexity index is 294. The van der Waals surface area contributed by atoms with Crippen LogP contribution in [0.1, 0.15) is 44.5 Å². The molecule has 0 aliphatic heterocycles. The molecule has 0 saturated carbocycles. The predicted octanol–water partition coefficient (Wildman–Crippen LogP) is 3.09. The van der Waals surface area contributed by atoms with Crippen LogP contribution in [0.2, 0.25) is 0 Å². The summed E-state index contributed by atoms with van der Waals surface area (Å²) < 4.78 is 0. The fourth-order valence-corrected chi connectivity index (χ4v) is 1.80. The standard InChI is InChI=1S/C13H22N2/c1-5-7-15-13(10(2)3)12-6-8-14-11(4)9-12/h6,8-10,13,15H,5,7H2,1-4H3. The van der Waals surface area contributed by atoms with E-state index in [1.807, 2.05) is 13.1 Å². The average Bonchev–Trinajstić information content (AvgIpc) is 2.18. The minimum atomic E-state index is 0.451. The normalized spacial score (nSPS) is 13.1. The number of nitrogens with one attached hydrogen (secondary N) is 1. The van der Waals surface area contributed by atoms with Gasteiger partial charge in [0.25, 0.3) is 0 Å². The highest BCUT2D eigenvalue weighted by atomic mass is 14.9. The summed E-state index contributed by atoms with van der Waals surface area (Å²) in [5.74, 6) is 0.610. The van der Waals surface area contributed by atoms with Crippen molar-refractivity contribution in [2.45, 2.75) is 40.2 Å². The van der Waals surface area contributed by atoms with Gasteiger partial charge in [0.1, 0.15) is 0 Å². The molecule has 0 aliphatic carbocycles. The summed E-state index contributed by atoms with van der Waals surface area (Å²) in [6.45, 7) is 9.82. The zero-order valence-electron chi connectivity index (χ0n) is 10.2. The summed E-state index contributed by atoms with van der Waals surface area (Å²) in [5, 5.41) is 3.58. The first kappa shape index (κ1) is 12.2. The summed E-state index contributed by atoms with van der Waals surface area (Å²) in [4.78, 5) is 4.23. The molecule has 1 N–H and O–H groups in total. The maximum Gasteiger partial charge on any atom is 0.0375 e. The Hall–Kier alpha value is -0.890. The second-order valence-corrected chi connectivity index (χ2v) is 4.41. The molecule has 0 aliphatic rings. The third kappa shape index (κ3) is 3.63. The van der Waals surface area contributed by atoms with Gasteiger partial charge in [-0.3, -0.25) is 4.98 Å². The fraction of sp³-hybridized carbons (Fsp3) is 0.615. The quantitative estimate of drug-likeness (QED) is 0.800. The van der Waals surface area contributed by atoms with E-state index in [-0.39, 0.29) is 0 Å². The molecule has 0 fully saturated rings. The summed E-state index contributed by atoms with van der Waals surface area (Å²) in [7, 11) is 0. The number of aromatic nitrogens is 1. The van der Waals surface area contributed by atoms with E-state index in [9.17, 15) is 0 Å². The summed E-state index contributed by atoms with van der Waals surface area (Å²) in [5.41, 5.74) is 2.45. The second-order valence-electron chi connectivity index (χ2n) is 4.41. The molecule has 15 heavy (non-hydrogen) atoms. The molecule has 1 aromatic heterocycles. The zero-order valence-corrected chi connectivity index (χ0v) is 10.2. The van der Waals surface area contributed by atoms with Crippen molar-refractivity contribution in [2.24, 2.45) is 5.92 Å². The smallest absolute Gasteiger partial charge is 0.0375 e. The molecule has 0 spiro atoms. The Morgan fingerprint density at radius 1 is 1.40 bits per heavy atom. The lowest BCUT2D eigenvalue weighted by Gasteiger charge is -2.22. The van der Waals surface area contributed by atoms with Crippen molar-refractivity contribution >= 4 is 0 Å². The van der Waals surface area contributed by atoms with Crippen LogP contribution in [-0.4, -0.2) is 11.5 Å². The Balaban J connectivity index is 2.79. The van der Waals surface area contributed by atoms with Crippen molar-refractivity contribution in [1.29, 1.82) is 0 Å². The SMILES string of the molecule is CCCNC(c1ccnc(C)c1)C(C)C. The summed E-state index contributed by atoms with van der Waals surface area (Å²) >= 11 is 0. The monoisotopic (exact) mass is 206 g/mol. The van der Waals surface area contributed by atoms with E-state index in [1.54, 1.807) is 0 Å². The Morgan fingerprint density at radius 3 is 2.67 bits per heavy atom. The maximum absolute atomic E-state index is 4.23. The first-order valence-electron chi connectivity index (χ1n) is 5.81. The van der Waals surface area contributed by atoms with Crippen LogP contribution in [0.4, 0.5) is 0 Å². The highest BCUT2D eigenvalue weighted by Gasteiger charge is 2.14. The molecule has 1 aromatic rings. The lowest BCUT2D eigenvalue weighted by atomic mass is 9.96. The van der Waals surface area contributed by atoms with Crippen LogP contribution in [0, 0.1) is 12.8 Å². The third-order valence-electron chi connectivity index (χ3n) is 2.56. The summed E-state index contributed by atoms with van der Waals surface area (Å²) in [6, 6.07) is 4.74. The fourth-order valence-electron chi connectivity index (χ4n) is 1.80. The summed E-state index contributed by atoms with van der Waals surface area (Å²) in [6.07, 6.45) is 3.07. The van der Waals surface area contributed by atoms with Crippen LogP contribution < -0.4 is 5.32 Å². The lowest BCUT2D eigenvalue weighted by molar-refractivity contribution is 0.412. The molecule has 1 unspecified atom stereocenters. The van der Waals surface area contributed by atoms with Gasteiger partial charge in [-0.2, -0.15) is 0 Å². The van der Waals surface area contributed by atoms with Crippen LogP contribution >= 0.6 is 0 Å². The van der Waals surface area contributed by atoms with Crippen molar-refractivity contribution in [2.75, 3.05) is 6.54 Å². The van der Waals surface area contributed by atoms with Gasteiger partial charge in [-0.1, -0.05) is 20.8 Å². The van der Waals surface area contributed by atoms with E-state index in [4.69, 9.17) is 0 Å².